The summed E-state index contributed by atoms with van der Waals surface area (Å²) < 4.78 is 0. The van der Waals surface area contributed by atoms with Crippen molar-refractivity contribution in [1.82, 2.24) is 5.01 Å². The molecule has 1 amide bonds. The zero-order valence-electron chi connectivity index (χ0n) is 14.6. The SMILES string of the molecule is O=C1c2ccccc2N[C@@H](c2ccccc2Cl)N1N=C1CCCCCC1. The van der Waals surface area contributed by atoms with Gasteiger partial charge in [-0.3, -0.25) is 4.79 Å². The smallest absolute Gasteiger partial charge is 0.278 e. The van der Waals surface area contributed by atoms with E-state index in [9.17, 15) is 4.79 Å². The van der Waals surface area contributed by atoms with Crippen LogP contribution in [0.15, 0.2) is 53.6 Å². The summed E-state index contributed by atoms with van der Waals surface area (Å²) in [5.74, 6) is -0.0824. The Morgan fingerprint density at radius 2 is 1.65 bits per heavy atom. The molecule has 4 nitrogen and oxygen atoms in total. The van der Waals surface area contributed by atoms with Crippen LogP contribution in [0.3, 0.4) is 0 Å². The van der Waals surface area contributed by atoms with Gasteiger partial charge in [-0.25, -0.2) is 5.01 Å². The molecule has 4 rings (SSSR count). The first-order valence-corrected chi connectivity index (χ1v) is 9.62. The van der Waals surface area contributed by atoms with E-state index in [1.165, 1.54) is 12.8 Å². The molecule has 2 aromatic carbocycles. The van der Waals surface area contributed by atoms with Gasteiger partial charge in [0.1, 0.15) is 0 Å². The summed E-state index contributed by atoms with van der Waals surface area (Å²) in [6.07, 6.45) is 6.27. The molecule has 1 atom stereocenters. The summed E-state index contributed by atoms with van der Waals surface area (Å²) in [7, 11) is 0. The monoisotopic (exact) mass is 367 g/mol. The van der Waals surface area contributed by atoms with E-state index in [1.54, 1.807) is 5.01 Å². The van der Waals surface area contributed by atoms with Crippen molar-refractivity contribution in [2.24, 2.45) is 5.10 Å². The maximum absolute atomic E-state index is 13.2. The average molecular weight is 368 g/mol. The molecule has 0 aromatic heterocycles. The van der Waals surface area contributed by atoms with Gasteiger partial charge in [0.05, 0.1) is 5.56 Å². The largest absolute Gasteiger partial charge is 0.359 e. The topological polar surface area (TPSA) is 44.7 Å². The number of nitrogens with zero attached hydrogens (tertiary/aromatic N) is 2. The Labute approximate surface area is 158 Å². The van der Waals surface area contributed by atoms with Crippen molar-refractivity contribution in [1.29, 1.82) is 0 Å². The van der Waals surface area contributed by atoms with Crippen molar-refractivity contribution in [2.75, 3.05) is 5.32 Å². The Morgan fingerprint density at radius 3 is 2.42 bits per heavy atom. The highest BCUT2D eigenvalue weighted by Crippen LogP contribution is 2.36. The quantitative estimate of drug-likeness (QED) is 0.700. The number of para-hydroxylation sites is 1. The molecule has 2 aliphatic rings. The number of nitrogens with one attached hydrogen (secondary N) is 1. The van der Waals surface area contributed by atoms with Gasteiger partial charge in [0.15, 0.2) is 6.17 Å². The van der Waals surface area contributed by atoms with Gasteiger partial charge in [-0.05, 0) is 43.9 Å². The molecule has 0 spiro atoms. The third-order valence-electron chi connectivity index (χ3n) is 5.03. The van der Waals surface area contributed by atoms with E-state index in [2.05, 4.69) is 5.32 Å². The Hall–Kier alpha value is -2.33. The third kappa shape index (κ3) is 3.34. The molecule has 26 heavy (non-hydrogen) atoms. The van der Waals surface area contributed by atoms with Crippen molar-refractivity contribution in [3.63, 3.8) is 0 Å². The normalized spacial score (nSPS) is 20.2. The third-order valence-corrected chi connectivity index (χ3v) is 5.38. The lowest BCUT2D eigenvalue weighted by atomic mass is 10.0. The van der Waals surface area contributed by atoms with E-state index < -0.39 is 6.17 Å². The number of fused-ring (bicyclic) bond motifs is 1. The zero-order chi connectivity index (χ0) is 17.9. The number of amides is 1. The number of carbonyl (C=O) groups is 1. The van der Waals surface area contributed by atoms with Crippen LogP contribution < -0.4 is 5.32 Å². The van der Waals surface area contributed by atoms with Crippen molar-refractivity contribution in [3.05, 3.63) is 64.7 Å². The van der Waals surface area contributed by atoms with Gasteiger partial charge < -0.3 is 5.32 Å². The van der Waals surface area contributed by atoms with Crippen LogP contribution in [0, 0.1) is 0 Å². The maximum atomic E-state index is 13.2. The fraction of sp³-hybridized carbons (Fsp3) is 0.333. The molecule has 2 aromatic rings. The van der Waals surface area contributed by atoms with Gasteiger partial charge in [-0.1, -0.05) is 54.8 Å². The number of carbonyl (C=O) groups excluding carboxylic acids is 1. The van der Waals surface area contributed by atoms with Crippen LogP contribution >= 0.6 is 11.6 Å². The summed E-state index contributed by atoms with van der Waals surface area (Å²) in [5.41, 5.74) is 3.43. The average Bonchev–Trinajstić information content (AvgIpc) is 2.93. The van der Waals surface area contributed by atoms with Gasteiger partial charge in [0.25, 0.3) is 5.91 Å². The lowest BCUT2D eigenvalue weighted by Crippen LogP contribution is -2.40. The highest BCUT2D eigenvalue weighted by Gasteiger charge is 2.34. The van der Waals surface area contributed by atoms with Crippen LogP contribution in [-0.2, 0) is 0 Å². The van der Waals surface area contributed by atoms with Crippen LogP contribution in [0.1, 0.15) is 60.6 Å². The molecule has 1 heterocycles. The molecular weight excluding hydrogens is 346 g/mol. The molecule has 0 unspecified atom stereocenters. The van der Waals surface area contributed by atoms with Gasteiger partial charge in [-0.15, -0.1) is 0 Å². The van der Waals surface area contributed by atoms with E-state index in [0.29, 0.717) is 10.6 Å². The summed E-state index contributed by atoms with van der Waals surface area (Å²) in [5, 5.41) is 10.5. The molecule has 1 fully saturated rings. The molecule has 134 valence electrons. The number of benzene rings is 2. The zero-order valence-corrected chi connectivity index (χ0v) is 15.4. The van der Waals surface area contributed by atoms with Crippen LogP contribution in [0.4, 0.5) is 5.69 Å². The van der Waals surface area contributed by atoms with Crippen molar-refractivity contribution >= 4 is 28.9 Å². The fourth-order valence-electron chi connectivity index (χ4n) is 3.64. The Morgan fingerprint density at radius 1 is 0.962 bits per heavy atom. The van der Waals surface area contributed by atoms with Crippen molar-refractivity contribution in [2.45, 2.75) is 44.7 Å². The molecule has 5 heteroatoms. The maximum Gasteiger partial charge on any atom is 0.278 e. The number of hydrazone groups is 1. The number of hydrogen-bond acceptors (Lipinski definition) is 3. The first kappa shape index (κ1) is 17.1. The van der Waals surface area contributed by atoms with Gasteiger partial charge in [0, 0.05) is 22.0 Å². The minimum atomic E-state index is -0.401. The minimum Gasteiger partial charge on any atom is -0.359 e. The van der Waals surface area contributed by atoms with E-state index in [1.807, 2.05) is 48.5 Å². The fourth-order valence-corrected chi connectivity index (χ4v) is 3.88. The predicted octanol–water partition coefficient (Wildman–Crippen LogP) is 5.62. The molecular formula is C21H22ClN3O. The molecule has 1 N–H and O–H groups in total. The molecule has 1 aliphatic carbocycles. The van der Waals surface area contributed by atoms with Crippen molar-refractivity contribution < 1.29 is 4.79 Å². The van der Waals surface area contributed by atoms with E-state index in [0.717, 1.165) is 42.6 Å². The highest BCUT2D eigenvalue weighted by molar-refractivity contribution is 6.31. The van der Waals surface area contributed by atoms with E-state index >= 15 is 0 Å². The summed E-state index contributed by atoms with van der Waals surface area (Å²) >= 11 is 6.44. The second kappa shape index (κ2) is 7.50. The lowest BCUT2D eigenvalue weighted by molar-refractivity contribution is 0.0688. The van der Waals surface area contributed by atoms with Gasteiger partial charge >= 0.3 is 0 Å². The summed E-state index contributed by atoms with van der Waals surface area (Å²) in [6, 6.07) is 15.2. The number of anilines is 1. The van der Waals surface area contributed by atoms with Crippen LogP contribution in [0.5, 0.6) is 0 Å². The number of halogens is 1. The highest BCUT2D eigenvalue weighted by atomic mass is 35.5. The van der Waals surface area contributed by atoms with E-state index in [4.69, 9.17) is 16.7 Å². The second-order valence-electron chi connectivity index (χ2n) is 6.84. The molecule has 1 saturated carbocycles. The number of hydrogen-bond donors (Lipinski definition) is 1. The Balaban J connectivity index is 1.77. The van der Waals surface area contributed by atoms with Crippen LogP contribution in [0.2, 0.25) is 5.02 Å². The minimum absolute atomic E-state index is 0.0824. The Bertz CT molecular complexity index is 839. The second-order valence-corrected chi connectivity index (χ2v) is 7.25. The molecule has 0 radical (unpaired) electrons. The molecule has 0 bridgehead atoms. The van der Waals surface area contributed by atoms with E-state index in [-0.39, 0.29) is 5.91 Å². The molecule has 1 aliphatic heterocycles. The number of rotatable bonds is 2. The van der Waals surface area contributed by atoms with Crippen LogP contribution in [0.25, 0.3) is 0 Å². The van der Waals surface area contributed by atoms with Gasteiger partial charge in [-0.2, -0.15) is 5.10 Å². The summed E-state index contributed by atoms with van der Waals surface area (Å²) in [4.78, 5) is 13.2. The Kier molecular flexibility index (Phi) is 4.93. The van der Waals surface area contributed by atoms with Gasteiger partial charge in [0.2, 0.25) is 0 Å². The lowest BCUT2D eigenvalue weighted by Gasteiger charge is -2.35. The molecule has 0 saturated heterocycles. The predicted molar refractivity (Wildman–Crippen MR) is 106 cm³/mol. The first-order valence-electron chi connectivity index (χ1n) is 9.24. The van der Waals surface area contributed by atoms with Crippen LogP contribution in [-0.4, -0.2) is 16.6 Å². The standard InChI is InChI=1S/C21H22ClN3O/c22-18-13-7-5-11-16(18)20-23-19-14-8-6-12-17(19)21(26)25(20)24-15-9-3-1-2-4-10-15/h5-8,11-14,20,23H,1-4,9-10H2/t20-/m1/s1. The van der Waals surface area contributed by atoms with Crippen molar-refractivity contribution in [3.8, 4) is 0 Å². The summed E-state index contributed by atoms with van der Waals surface area (Å²) in [6.45, 7) is 0. The first-order chi connectivity index (χ1) is 12.7.